The van der Waals surface area contributed by atoms with Crippen LogP contribution in [0.15, 0.2) is 73.2 Å². The van der Waals surface area contributed by atoms with Gasteiger partial charge >= 0.3 is 0 Å². The van der Waals surface area contributed by atoms with Crippen molar-refractivity contribution in [2.75, 3.05) is 6.54 Å². The molecule has 0 unspecified atom stereocenters. The third-order valence-corrected chi connectivity index (χ3v) is 4.04. The van der Waals surface area contributed by atoms with Crippen molar-refractivity contribution in [1.29, 1.82) is 0 Å². The van der Waals surface area contributed by atoms with Crippen LogP contribution in [0.5, 0.6) is 0 Å². The molecule has 0 bridgehead atoms. The van der Waals surface area contributed by atoms with Crippen molar-refractivity contribution in [3.63, 3.8) is 0 Å². The van der Waals surface area contributed by atoms with Crippen LogP contribution in [0.25, 0.3) is 6.08 Å². The van der Waals surface area contributed by atoms with E-state index in [4.69, 9.17) is 0 Å². The number of carbonyl (C=O) groups excluding carboxylic acids is 2. The standard InChI is InChI=1S/C21H20FN5O2/c22-18-7-2-1-6-17(18)20(28)26-19(13-16-5-3-8-23-14-16)21(29)25-9-4-11-27-12-10-24-15-27/h1-3,5-8,10,12-15H,4,9,11H2,(H,25,29)(H,26,28)/b19-13-. The summed E-state index contributed by atoms with van der Waals surface area (Å²) in [6.45, 7) is 1.10. The Morgan fingerprint density at radius 3 is 2.69 bits per heavy atom. The average molecular weight is 393 g/mol. The molecule has 7 nitrogen and oxygen atoms in total. The van der Waals surface area contributed by atoms with E-state index in [2.05, 4.69) is 20.6 Å². The van der Waals surface area contributed by atoms with E-state index in [1.54, 1.807) is 43.1 Å². The molecule has 0 atom stereocenters. The van der Waals surface area contributed by atoms with Crippen molar-refractivity contribution < 1.29 is 14.0 Å². The number of carbonyl (C=O) groups is 2. The second kappa shape index (κ2) is 9.93. The molecule has 0 saturated heterocycles. The molecule has 148 valence electrons. The number of benzene rings is 1. The fourth-order valence-corrected chi connectivity index (χ4v) is 2.60. The molecule has 3 aromatic rings. The number of nitrogens with one attached hydrogen (secondary N) is 2. The van der Waals surface area contributed by atoms with Crippen LogP contribution in [0.4, 0.5) is 4.39 Å². The van der Waals surface area contributed by atoms with Crippen molar-refractivity contribution >= 4 is 17.9 Å². The number of aryl methyl sites for hydroxylation is 1. The molecule has 0 fully saturated rings. The maximum Gasteiger partial charge on any atom is 0.267 e. The first-order valence-electron chi connectivity index (χ1n) is 9.05. The minimum absolute atomic E-state index is 0.00823. The molecule has 2 amide bonds. The highest BCUT2D eigenvalue weighted by molar-refractivity contribution is 6.05. The molecule has 29 heavy (non-hydrogen) atoms. The van der Waals surface area contributed by atoms with E-state index in [0.29, 0.717) is 25.1 Å². The van der Waals surface area contributed by atoms with Crippen molar-refractivity contribution in [1.82, 2.24) is 25.2 Å². The van der Waals surface area contributed by atoms with Gasteiger partial charge in [-0.05, 0) is 36.3 Å². The number of rotatable bonds is 8. The molecule has 1 aromatic carbocycles. The summed E-state index contributed by atoms with van der Waals surface area (Å²) in [4.78, 5) is 33.0. The molecule has 2 aromatic heterocycles. The number of imidazole rings is 1. The zero-order chi connectivity index (χ0) is 20.5. The number of amides is 2. The van der Waals surface area contributed by atoms with E-state index in [1.165, 1.54) is 24.3 Å². The highest BCUT2D eigenvalue weighted by atomic mass is 19.1. The Labute approximate surface area is 167 Å². The van der Waals surface area contributed by atoms with Gasteiger partial charge in [0.15, 0.2) is 0 Å². The summed E-state index contributed by atoms with van der Waals surface area (Å²) < 4.78 is 15.8. The highest BCUT2D eigenvalue weighted by Gasteiger charge is 2.16. The van der Waals surface area contributed by atoms with E-state index in [9.17, 15) is 14.0 Å². The van der Waals surface area contributed by atoms with Crippen LogP contribution < -0.4 is 10.6 Å². The first kappa shape index (κ1) is 19.9. The molecule has 0 aliphatic heterocycles. The summed E-state index contributed by atoms with van der Waals surface area (Å²) in [6.07, 6.45) is 10.6. The number of nitrogens with zero attached hydrogens (tertiary/aromatic N) is 3. The van der Waals surface area contributed by atoms with Gasteiger partial charge in [-0.1, -0.05) is 18.2 Å². The fourth-order valence-electron chi connectivity index (χ4n) is 2.60. The number of hydrogen-bond acceptors (Lipinski definition) is 4. The largest absolute Gasteiger partial charge is 0.351 e. The number of pyridine rings is 1. The van der Waals surface area contributed by atoms with Gasteiger partial charge in [-0.2, -0.15) is 0 Å². The molecular weight excluding hydrogens is 373 g/mol. The lowest BCUT2D eigenvalue weighted by Gasteiger charge is -2.12. The molecule has 0 aliphatic rings. The van der Waals surface area contributed by atoms with E-state index in [0.717, 1.165) is 0 Å². The normalized spacial score (nSPS) is 11.1. The van der Waals surface area contributed by atoms with Crippen LogP contribution in [0.3, 0.4) is 0 Å². The number of halogens is 1. The summed E-state index contributed by atoms with van der Waals surface area (Å²) in [5.74, 6) is -1.83. The predicted molar refractivity (Wildman–Crippen MR) is 106 cm³/mol. The zero-order valence-corrected chi connectivity index (χ0v) is 15.6. The van der Waals surface area contributed by atoms with Crippen LogP contribution in [0.2, 0.25) is 0 Å². The lowest BCUT2D eigenvalue weighted by Crippen LogP contribution is -2.35. The second-order valence-electron chi connectivity index (χ2n) is 6.19. The zero-order valence-electron chi connectivity index (χ0n) is 15.6. The number of aromatic nitrogens is 3. The SMILES string of the molecule is O=C(NCCCn1ccnc1)/C(=C/c1cccnc1)NC(=O)c1ccccc1F. The Morgan fingerprint density at radius 1 is 1.10 bits per heavy atom. The highest BCUT2D eigenvalue weighted by Crippen LogP contribution is 2.09. The Kier molecular flexibility index (Phi) is 6.83. The molecule has 8 heteroatoms. The van der Waals surface area contributed by atoms with E-state index < -0.39 is 17.6 Å². The molecule has 0 aliphatic carbocycles. The summed E-state index contributed by atoms with van der Waals surface area (Å²) in [5, 5.41) is 5.27. The summed E-state index contributed by atoms with van der Waals surface area (Å²) in [7, 11) is 0. The van der Waals surface area contributed by atoms with E-state index >= 15 is 0 Å². The van der Waals surface area contributed by atoms with E-state index in [1.807, 2.05) is 10.8 Å². The Balaban J connectivity index is 1.69. The van der Waals surface area contributed by atoms with Crippen molar-refractivity contribution in [3.05, 3.63) is 90.2 Å². The third-order valence-electron chi connectivity index (χ3n) is 4.04. The van der Waals surface area contributed by atoms with Crippen LogP contribution in [-0.2, 0) is 11.3 Å². The summed E-state index contributed by atoms with van der Waals surface area (Å²) >= 11 is 0. The van der Waals surface area contributed by atoms with Crippen molar-refractivity contribution in [2.24, 2.45) is 0 Å². The Morgan fingerprint density at radius 2 is 1.97 bits per heavy atom. The first-order valence-corrected chi connectivity index (χ1v) is 9.05. The van der Waals surface area contributed by atoms with Gasteiger partial charge in [0.2, 0.25) is 0 Å². The molecule has 2 heterocycles. The molecule has 2 N–H and O–H groups in total. The van der Waals surface area contributed by atoms with E-state index in [-0.39, 0.29) is 11.3 Å². The minimum Gasteiger partial charge on any atom is -0.351 e. The number of hydrogen-bond donors (Lipinski definition) is 2. The fraction of sp³-hybridized carbons (Fsp3) is 0.143. The lowest BCUT2D eigenvalue weighted by molar-refractivity contribution is -0.117. The maximum absolute atomic E-state index is 13.9. The lowest BCUT2D eigenvalue weighted by atomic mass is 10.1. The monoisotopic (exact) mass is 393 g/mol. The van der Waals surface area contributed by atoms with Gasteiger partial charge in [0.05, 0.1) is 11.9 Å². The molecular formula is C21H20FN5O2. The van der Waals surface area contributed by atoms with Crippen LogP contribution in [-0.4, -0.2) is 32.9 Å². The van der Waals surface area contributed by atoms with Crippen LogP contribution in [0.1, 0.15) is 22.3 Å². The minimum atomic E-state index is -0.702. The maximum atomic E-state index is 13.9. The predicted octanol–water partition coefficient (Wildman–Crippen LogP) is 2.39. The molecule has 3 rings (SSSR count). The molecule has 0 spiro atoms. The summed E-state index contributed by atoms with van der Waals surface area (Å²) in [6, 6.07) is 9.05. The Bertz CT molecular complexity index is 987. The van der Waals surface area contributed by atoms with Gasteiger partial charge in [-0.25, -0.2) is 9.37 Å². The van der Waals surface area contributed by atoms with Crippen LogP contribution >= 0.6 is 0 Å². The van der Waals surface area contributed by atoms with Crippen molar-refractivity contribution in [2.45, 2.75) is 13.0 Å². The smallest absolute Gasteiger partial charge is 0.267 e. The van der Waals surface area contributed by atoms with Gasteiger partial charge in [0, 0.05) is 37.9 Å². The first-order chi connectivity index (χ1) is 14.1. The summed E-state index contributed by atoms with van der Waals surface area (Å²) in [5.41, 5.74) is 0.497. The average Bonchev–Trinajstić information content (AvgIpc) is 3.25. The molecule has 0 radical (unpaired) electrons. The van der Waals surface area contributed by atoms with Gasteiger partial charge in [-0.15, -0.1) is 0 Å². The third kappa shape index (κ3) is 5.83. The van der Waals surface area contributed by atoms with Gasteiger partial charge in [0.25, 0.3) is 11.8 Å². The quantitative estimate of drug-likeness (QED) is 0.454. The topological polar surface area (TPSA) is 88.9 Å². The van der Waals surface area contributed by atoms with Gasteiger partial charge < -0.3 is 15.2 Å². The molecule has 0 saturated carbocycles. The Hall–Kier alpha value is -3.81. The van der Waals surface area contributed by atoms with Gasteiger partial charge in [-0.3, -0.25) is 14.6 Å². The van der Waals surface area contributed by atoms with Gasteiger partial charge in [0.1, 0.15) is 11.5 Å². The van der Waals surface area contributed by atoms with Crippen LogP contribution in [0, 0.1) is 5.82 Å². The van der Waals surface area contributed by atoms with Crippen molar-refractivity contribution in [3.8, 4) is 0 Å². The second-order valence-corrected chi connectivity index (χ2v) is 6.19.